The van der Waals surface area contributed by atoms with Gasteiger partial charge in [-0.2, -0.15) is 0 Å². The van der Waals surface area contributed by atoms with E-state index in [4.69, 9.17) is 14.2 Å². The summed E-state index contributed by atoms with van der Waals surface area (Å²) in [5.74, 6) is 1.71. The van der Waals surface area contributed by atoms with Crippen LogP contribution in [0.2, 0.25) is 0 Å². The summed E-state index contributed by atoms with van der Waals surface area (Å²) < 4.78 is 29.5. The van der Waals surface area contributed by atoms with Gasteiger partial charge in [0.15, 0.2) is 11.5 Å². The van der Waals surface area contributed by atoms with Gasteiger partial charge in [0.05, 0.1) is 7.11 Å². The Morgan fingerprint density at radius 3 is 2.86 bits per heavy atom. The molecule has 1 aliphatic rings. The number of halogens is 1. The van der Waals surface area contributed by atoms with Crippen molar-refractivity contribution in [1.29, 1.82) is 0 Å². The van der Waals surface area contributed by atoms with E-state index in [2.05, 4.69) is 5.32 Å². The van der Waals surface area contributed by atoms with Crippen molar-refractivity contribution in [2.45, 2.75) is 13.5 Å². The lowest BCUT2D eigenvalue weighted by molar-refractivity contribution is 0.171. The molecule has 2 aromatic rings. The molecule has 0 fully saturated rings. The summed E-state index contributed by atoms with van der Waals surface area (Å²) in [6.45, 7) is 2.48. The molecule has 0 spiro atoms. The first-order valence-electron chi connectivity index (χ1n) is 6.64. The van der Waals surface area contributed by atoms with E-state index in [9.17, 15) is 4.39 Å². The van der Waals surface area contributed by atoms with Crippen molar-refractivity contribution in [2.24, 2.45) is 0 Å². The Morgan fingerprint density at radius 2 is 2.10 bits per heavy atom. The first-order chi connectivity index (χ1) is 10.2. The van der Waals surface area contributed by atoms with Gasteiger partial charge in [-0.1, -0.05) is 6.07 Å². The number of hydrogen-bond donors (Lipinski definition) is 1. The lowest BCUT2D eigenvalue weighted by atomic mass is 10.1. The summed E-state index contributed by atoms with van der Waals surface area (Å²) in [7, 11) is 1.59. The van der Waals surface area contributed by atoms with Crippen LogP contribution >= 0.6 is 0 Å². The van der Waals surface area contributed by atoms with Crippen LogP contribution < -0.4 is 19.5 Å². The summed E-state index contributed by atoms with van der Waals surface area (Å²) in [6, 6.07) is 8.85. The molecule has 2 aromatic carbocycles. The van der Waals surface area contributed by atoms with Crippen molar-refractivity contribution in [3.05, 3.63) is 47.3 Å². The van der Waals surface area contributed by atoms with E-state index in [1.54, 1.807) is 20.1 Å². The molecule has 3 rings (SSSR count). The summed E-state index contributed by atoms with van der Waals surface area (Å²) in [5.41, 5.74) is 2.33. The molecule has 0 bridgehead atoms. The molecule has 0 unspecified atom stereocenters. The third kappa shape index (κ3) is 2.72. The SMILES string of the molecule is COc1cc(CNc2ccc(C)c(F)c2)cc2c1OCO2. The highest BCUT2D eigenvalue weighted by Crippen LogP contribution is 2.41. The van der Waals surface area contributed by atoms with Gasteiger partial charge >= 0.3 is 0 Å². The fourth-order valence-corrected chi connectivity index (χ4v) is 2.19. The Morgan fingerprint density at radius 1 is 1.24 bits per heavy atom. The quantitative estimate of drug-likeness (QED) is 0.935. The minimum absolute atomic E-state index is 0.200. The van der Waals surface area contributed by atoms with Crippen molar-refractivity contribution in [3.8, 4) is 17.2 Å². The highest BCUT2D eigenvalue weighted by molar-refractivity contribution is 5.56. The molecule has 5 heteroatoms. The van der Waals surface area contributed by atoms with Gasteiger partial charge < -0.3 is 19.5 Å². The minimum Gasteiger partial charge on any atom is -0.493 e. The minimum atomic E-state index is -0.219. The van der Waals surface area contributed by atoms with Gasteiger partial charge in [-0.25, -0.2) is 4.39 Å². The number of anilines is 1. The van der Waals surface area contributed by atoms with Gasteiger partial charge in [-0.3, -0.25) is 0 Å². The van der Waals surface area contributed by atoms with Crippen LogP contribution in [0.1, 0.15) is 11.1 Å². The average molecular weight is 289 g/mol. The van der Waals surface area contributed by atoms with E-state index >= 15 is 0 Å². The Balaban J connectivity index is 1.77. The summed E-state index contributed by atoms with van der Waals surface area (Å²) in [5, 5.41) is 3.18. The van der Waals surface area contributed by atoms with Crippen molar-refractivity contribution in [3.63, 3.8) is 0 Å². The average Bonchev–Trinajstić information content (AvgIpc) is 2.96. The summed E-state index contributed by atoms with van der Waals surface area (Å²) in [4.78, 5) is 0. The molecule has 1 heterocycles. The maximum absolute atomic E-state index is 13.5. The summed E-state index contributed by atoms with van der Waals surface area (Å²) in [6.07, 6.45) is 0. The maximum Gasteiger partial charge on any atom is 0.231 e. The number of aryl methyl sites for hydroxylation is 1. The second-order valence-corrected chi connectivity index (χ2v) is 4.85. The van der Waals surface area contributed by atoms with Crippen LogP contribution in [0.25, 0.3) is 0 Å². The first kappa shape index (κ1) is 13.5. The third-order valence-electron chi connectivity index (χ3n) is 3.39. The molecule has 4 nitrogen and oxygen atoms in total. The number of hydrogen-bond acceptors (Lipinski definition) is 4. The highest BCUT2D eigenvalue weighted by atomic mass is 19.1. The van der Waals surface area contributed by atoms with Gasteiger partial charge in [0.25, 0.3) is 0 Å². The Kier molecular flexibility index (Phi) is 3.56. The Labute approximate surface area is 122 Å². The standard InChI is InChI=1S/C16H16FNO3/c1-10-3-4-12(7-13(10)17)18-8-11-5-14(19-2)16-15(6-11)20-9-21-16/h3-7,18H,8-9H2,1-2H3. The molecule has 0 aromatic heterocycles. The second kappa shape index (κ2) is 5.52. The lowest BCUT2D eigenvalue weighted by Gasteiger charge is -2.10. The highest BCUT2D eigenvalue weighted by Gasteiger charge is 2.19. The van der Waals surface area contributed by atoms with E-state index < -0.39 is 0 Å². The van der Waals surface area contributed by atoms with Crippen LogP contribution in [0.15, 0.2) is 30.3 Å². The van der Waals surface area contributed by atoms with Gasteiger partial charge in [0.2, 0.25) is 12.5 Å². The molecule has 0 radical (unpaired) electrons. The molecule has 0 saturated heterocycles. The molecule has 1 N–H and O–H groups in total. The van der Waals surface area contributed by atoms with Gasteiger partial charge in [-0.15, -0.1) is 0 Å². The molecule has 110 valence electrons. The molecule has 0 amide bonds. The van der Waals surface area contributed by atoms with E-state index in [1.165, 1.54) is 6.07 Å². The predicted octanol–water partition coefficient (Wildman–Crippen LogP) is 3.48. The zero-order valence-electron chi connectivity index (χ0n) is 11.9. The van der Waals surface area contributed by atoms with Crippen molar-refractivity contribution in [2.75, 3.05) is 19.2 Å². The molecule has 21 heavy (non-hydrogen) atoms. The monoisotopic (exact) mass is 289 g/mol. The van der Waals surface area contributed by atoms with E-state index in [-0.39, 0.29) is 12.6 Å². The van der Waals surface area contributed by atoms with Crippen LogP contribution in [0.3, 0.4) is 0 Å². The van der Waals surface area contributed by atoms with E-state index in [1.807, 2.05) is 18.2 Å². The molecular weight excluding hydrogens is 273 g/mol. The largest absolute Gasteiger partial charge is 0.493 e. The third-order valence-corrected chi connectivity index (χ3v) is 3.39. The van der Waals surface area contributed by atoms with Gasteiger partial charge in [-0.05, 0) is 42.3 Å². The lowest BCUT2D eigenvalue weighted by Crippen LogP contribution is -2.01. The number of ether oxygens (including phenoxy) is 3. The number of rotatable bonds is 4. The number of benzene rings is 2. The molecule has 0 saturated carbocycles. The number of nitrogens with one attached hydrogen (secondary N) is 1. The van der Waals surface area contributed by atoms with Crippen LogP contribution in [-0.2, 0) is 6.54 Å². The van der Waals surface area contributed by atoms with Gasteiger partial charge in [0.1, 0.15) is 5.82 Å². The van der Waals surface area contributed by atoms with Crippen LogP contribution in [-0.4, -0.2) is 13.9 Å². The maximum atomic E-state index is 13.5. The van der Waals surface area contributed by atoms with Gasteiger partial charge in [0, 0.05) is 12.2 Å². The second-order valence-electron chi connectivity index (χ2n) is 4.85. The van der Waals surface area contributed by atoms with Crippen LogP contribution in [0, 0.1) is 12.7 Å². The number of fused-ring (bicyclic) bond motifs is 1. The molecule has 0 atom stereocenters. The molecular formula is C16H16FNO3. The van der Waals surface area contributed by atoms with Crippen molar-refractivity contribution >= 4 is 5.69 Å². The van der Waals surface area contributed by atoms with Crippen molar-refractivity contribution in [1.82, 2.24) is 0 Å². The first-order valence-corrected chi connectivity index (χ1v) is 6.64. The fraction of sp³-hybridized carbons (Fsp3) is 0.250. The van der Waals surface area contributed by atoms with Crippen molar-refractivity contribution < 1.29 is 18.6 Å². The smallest absolute Gasteiger partial charge is 0.231 e. The topological polar surface area (TPSA) is 39.7 Å². The number of methoxy groups -OCH3 is 1. The normalized spacial score (nSPS) is 12.3. The van der Waals surface area contributed by atoms with Crippen LogP contribution in [0.5, 0.6) is 17.2 Å². The van der Waals surface area contributed by atoms with E-state index in [0.717, 1.165) is 11.3 Å². The molecule has 0 aliphatic carbocycles. The van der Waals surface area contributed by atoms with E-state index in [0.29, 0.717) is 29.4 Å². The summed E-state index contributed by atoms with van der Waals surface area (Å²) >= 11 is 0. The molecule has 1 aliphatic heterocycles. The Bertz CT molecular complexity index is 673. The fourth-order valence-electron chi connectivity index (χ4n) is 2.19. The zero-order valence-corrected chi connectivity index (χ0v) is 11.9. The Hall–Kier alpha value is -2.43. The predicted molar refractivity (Wildman–Crippen MR) is 77.6 cm³/mol. The zero-order chi connectivity index (χ0) is 14.8. The van der Waals surface area contributed by atoms with Crippen LogP contribution in [0.4, 0.5) is 10.1 Å².